The number of ether oxygens (including phenoxy) is 2. The number of carbonyl (C=O) groups excluding carboxylic acids is 1. The first-order chi connectivity index (χ1) is 10.9. The Kier molecular flexibility index (Phi) is 4.90. The maximum atomic E-state index is 12.4. The fourth-order valence-corrected chi connectivity index (χ4v) is 2.91. The molecule has 122 valence electrons. The van der Waals surface area contributed by atoms with E-state index < -0.39 is 15.7 Å². The Morgan fingerprint density at radius 1 is 1.00 bits per heavy atom. The van der Waals surface area contributed by atoms with Gasteiger partial charge < -0.3 is 14.8 Å². The summed E-state index contributed by atoms with van der Waals surface area (Å²) in [4.78, 5) is 12.4. The van der Waals surface area contributed by atoms with E-state index in [2.05, 4.69) is 5.32 Å². The fourth-order valence-electron chi connectivity index (χ4n) is 2.07. The van der Waals surface area contributed by atoms with Crippen molar-refractivity contribution in [3.05, 3.63) is 48.0 Å². The topological polar surface area (TPSA) is 81.7 Å². The van der Waals surface area contributed by atoms with Crippen molar-refractivity contribution in [2.45, 2.75) is 4.90 Å². The van der Waals surface area contributed by atoms with Crippen LogP contribution in [-0.4, -0.2) is 34.8 Å². The van der Waals surface area contributed by atoms with Crippen molar-refractivity contribution in [3.8, 4) is 11.5 Å². The first kappa shape index (κ1) is 16.8. The molecule has 0 atom stereocenters. The van der Waals surface area contributed by atoms with Crippen LogP contribution in [0.5, 0.6) is 11.5 Å². The largest absolute Gasteiger partial charge is 0.493 e. The van der Waals surface area contributed by atoms with Gasteiger partial charge in [-0.15, -0.1) is 0 Å². The molecular weight excluding hydrogens is 318 g/mol. The number of methoxy groups -OCH3 is 2. The van der Waals surface area contributed by atoms with Gasteiger partial charge in [-0.3, -0.25) is 4.79 Å². The quantitative estimate of drug-likeness (QED) is 0.907. The standard InChI is InChI=1S/C16H17NO5S/c1-21-13-9-8-11(10-14(13)22-2)16(18)17-12-6-4-5-7-15(12)23(3,19)20/h4-10H,1-3H3,(H,17,18). The zero-order chi connectivity index (χ0) is 17.0. The van der Waals surface area contributed by atoms with Gasteiger partial charge in [0.15, 0.2) is 21.3 Å². The van der Waals surface area contributed by atoms with Crippen LogP contribution in [0.15, 0.2) is 47.4 Å². The van der Waals surface area contributed by atoms with Crippen LogP contribution in [-0.2, 0) is 9.84 Å². The third-order valence-corrected chi connectivity index (χ3v) is 4.34. The molecule has 0 heterocycles. The van der Waals surface area contributed by atoms with Gasteiger partial charge in [0, 0.05) is 11.8 Å². The zero-order valence-electron chi connectivity index (χ0n) is 13.0. The second-order valence-electron chi connectivity index (χ2n) is 4.79. The Balaban J connectivity index is 2.34. The average molecular weight is 335 g/mol. The molecule has 0 bridgehead atoms. The summed E-state index contributed by atoms with van der Waals surface area (Å²) in [5.74, 6) is 0.471. The molecule has 0 unspecified atom stereocenters. The predicted molar refractivity (Wildman–Crippen MR) is 87.1 cm³/mol. The number of amides is 1. The highest BCUT2D eigenvalue weighted by atomic mass is 32.2. The van der Waals surface area contributed by atoms with Gasteiger partial charge in [0.25, 0.3) is 5.91 Å². The van der Waals surface area contributed by atoms with Crippen LogP contribution in [0.2, 0.25) is 0 Å². The summed E-state index contributed by atoms with van der Waals surface area (Å²) in [7, 11) is -0.474. The number of hydrogen-bond acceptors (Lipinski definition) is 5. The van der Waals surface area contributed by atoms with Gasteiger partial charge in [-0.05, 0) is 30.3 Å². The molecule has 2 rings (SSSR count). The SMILES string of the molecule is COc1ccc(C(=O)Nc2ccccc2S(C)(=O)=O)cc1OC. The van der Waals surface area contributed by atoms with E-state index in [1.54, 1.807) is 24.3 Å². The number of anilines is 1. The number of nitrogens with one attached hydrogen (secondary N) is 1. The second-order valence-corrected chi connectivity index (χ2v) is 6.78. The van der Waals surface area contributed by atoms with Gasteiger partial charge in [-0.2, -0.15) is 0 Å². The Hall–Kier alpha value is -2.54. The fraction of sp³-hybridized carbons (Fsp3) is 0.188. The normalized spacial score (nSPS) is 10.9. The molecule has 1 N–H and O–H groups in total. The maximum absolute atomic E-state index is 12.4. The number of carbonyl (C=O) groups is 1. The lowest BCUT2D eigenvalue weighted by molar-refractivity contribution is 0.102. The van der Waals surface area contributed by atoms with Gasteiger partial charge in [-0.25, -0.2) is 8.42 Å². The molecule has 0 saturated heterocycles. The number of para-hydroxylation sites is 1. The van der Waals surface area contributed by atoms with Gasteiger partial charge in [0.2, 0.25) is 0 Å². The smallest absolute Gasteiger partial charge is 0.255 e. The molecule has 7 heteroatoms. The van der Waals surface area contributed by atoms with Crippen LogP contribution >= 0.6 is 0 Å². The van der Waals surface area contributed by atoms with E-state index in [-0.39, 0.29) is 10.6 Å². The van der Waals surface area contributed by atoms with E-state index in [0.717, 1.165) is 6.26 Å². The van der Waals surface area contributed by atoms with Crippen LogP contribution < -0.4 is 14.8 Å². The van der Waals surface area contributed by atoms with E-state index in [1.807, 2.05) is 0 Å². The lowest BCUT2D eigenvalue weighted by Gasteiger charge is -2.12. The Morgan fingerprint density at radius 3 is 2.26 bits per heavy atom. The van der Waals surface area contributed by atoms with Gasteiger partial charge in [0.1, 0.15) is 0 Å². The van der Waals surface area contributed by atoms with Crippen molar-refractivity contribution in [1.29, 1.82) is 0 Å². The minimum Gasteiger partial charge on any atom is -0.493 e. The van der Waals surface area contributed by atoms with Crippen molar-refractivity contribution >= 4 is 21.4 Å². The number of benzene rings is 2. The van der Waals surface area contributed by atoms with Crippen LogP contribution in [0.3, 0.4) is 0 Å². The molecule has 0 fully saturated rings. The molecule has 0 aliphatic carbocycles. The second kappa shape index (κ2) is 6.70. The predicted octanol–water partition coefficient (Wildman–Crippen LogP) is 2.36. The minimum absolute atomic E-state index is 0.0637. The van der Waals surface area contributed by atoms with Crippen molar-refractivity contribution in [2.24, 2.45) is 0 Å². The van der Waals surface area contributed by atoms with Crippen molar-refractivity contribution < 1.29 is 22.7 Å². The van der Waals surface area contributed by atoms with E-state index in [9.17, 15) is 13.2 Å². The van der Waals surface area contributed by atoms with Crippen LogP contribution in [0, 0.1) is 0 Å². The number of sulfone groups is 1. The average Bonchev–Trinajstić information content (AvgIpc) is 2.53. The van der Waals surface area contributed by atoms with Gasteiger partial charge in [-0.1, -0.05) is 12.1 Å². The monoisotopic (exact) mass is 335 g/mol. The molecular formula is C16H17NO5S. The summed E-state index contributed by atoms with van der Waals surface area (Å²) in [6.07, 6.45) is 1.09. The van der Waals surface area contributed by atoms with Crippen LogP contribution in [0.1, 0.15) is 10.4 Å². The van der Waals surface area contributed by atoms with Crippen molar-refractivity contribution in [2.75, 3.05) is 25.8 Å². The third kappa shape index (κ3) is 3.81. The highest BCUT2D eigenvalue weighted by Crippen LogP contribution is 2.28. The Bertz CT molecular complexity index is 830. The van der Waals surface area contributed by atoms with Crippen LogP contribution in [0.25, 0.3) is 0 Å². The highest BCUT2D eigenvalue weighted by Gasteiger charge is 2.16. The molecule has 0 aromatic heterocycles. The summed E-state index contributed by atoms with van der Waals surface area (Å²) in [5, 5.41) is 2.61. The van der Waals surface area contributed by atoms with Crippen LogP contribution in [0.4, 0.5) is 5.69 Å². The van der Waals surface area contributed by atoms with E-state index >= 15 is 0 Å². The van der Waals surface area contributed by atoms with Crippen molar-refractivity contribution in [3.63, 3.8) is 0 Å². The Morgan fingerprint density at radius 2 is 1.65 bits per heavy atom. The minimum atomic E-state index is -3.44. The summed E-state index contributed by atoms with van der Waals surface area (Å²) in [5.41, 5.74) is 0.556. The van der Waals surface area contributed by atoms with Gasteiger partial charge >= 0.3 is 0 Å². The molecule has 0 spiro atoms. The lowest BCUT2D eigenvalue weighted by atomic mass is 10.2. The van der Waals surface area contributed by atoms with Gasteiger partial charge in [0.05, 0.1) is 24.8 Å². The molecule has 2 aromatic rings. The summed E-state index contributed by atoms with van der Waals surface area (Å²) >= 11 is 0. The summed E-state index contributed by atoms with van der Waals surface area (Å²) < 4.78 is 33.8. The molecule has 23 heavy (non-hydrogen) atoms. The molecule has 2 aromatic carbocycles. The highest BCUT2D eigenvalue weighted by molar-refractivity contribution is 7.90. The van der Waals surface area contributed by atoms with E-state index in [0.29, 0.717) is 17.1 Å². The van der Waals surface area contributed by atoms with E-state index in [4.69, 9.17) is 9.47 Å². The Labute approximate surface area is 135 Å². The molecule has 0 radical (unpaired) electrons. The lowest BCUT2D eigenvalue weighted by Crippen LogP contribution is -2.14. The maximum Gasteiger partial charge on any atom is 0.255 e. The summed E-state index contributed by atoms with van der Waals surface area (Å²) in [6.45, 7) is 0. The first-order valence-corrected chi connectivity index (χ1v) is 8.58. The molecule has 6 nitrogen and oxygen atoms in total. The molecule has 0 aliphatic heterocycles. The summed E-state index contributed by atoms with van der Waals surface area (Å²) in [6, 6.07) is 10.9. The molecule has 1 amide bonds. The van der Waals surface area contributed by atoms with Crippen molar-refractivity contribution in [1.82, 2.24) is 0 Å². The third-order valence-electron chi connectivity index (χ3n) is 3.18. The molecule has 0 aliphatic rings. The molecule has 0 saturated carbocycles. The number of hydrogen-bond donors (Lipinski definition) is 1. The number of rotatable bonds is 5. The first-order valence-electron chi connectivity index (χ1n) is 6.69. The zero-order valence-corrected chi connectivity index (χ0v) is 13.8. The van der Waals surface area contributed by atoms with E-state index in [1.165, 1.54) is 32.4 Å².